The Kier molecular flexibility index (Phi) is 3.41. The van der Waals surface area contributed by atoms with Crippen molar-refractivity contribution >= 4 is 0 Å². The first-order valence-corrected chi connectivity index (χ1v) is 5.57. The lowest BCUT2D eigenvalue weighted by molar-refractivity contribution is 0.518. The van der Waals surface area contributed by atoms with Crippen LogP contribution in [0, 0.1) is 0 Å². The second-order valence-electron chi connectivity index (χ2n) is 3.80. The maximum atomic E-state index is 5.06. The van der Waals surface area contributed by atoms with Crippen LogP contribution in [0.15, 0.2) is 35.3 Å². The molecule has 0 bridgehead atoms. The molecule has 0 aliphatic heterocycles. The van der Waals surface area contributed by atoms with Gasteiger partial charge in [0.2, 0.25) is 0 Å². The average molecular weight is 219 g/mol. The largest absolute Gasteiger partial charge is 0.472 e. The van der Waals surface area contributed by atoms with Gasteiger partial charge in [0, 0.05) is 30.9 Å². The van der Waals surface area contributed by atoms with Gasteiger partial charge in [0.15, 0.2) is 0 Å². The van der Waals surface area contributed by atoms with Gasteiger partial charge >= 0.3 is 0 Å². The van der Waals surface area contributed by atoms with Crippen LogP contribution in [0.25, 0.3) is 0 Å². The van der Waals surface area contributed by atoms with Crippen molar-refractivity contribution in [1.82, 2.24) is 15.1 Å². The van der Waals surface area contributed by atoms with E-state index in [1.807, 2.05) is 23.0 Å². The van der Waals surface area contributed by atoms with Gasteiger partial charge in [0.05, 0.1) is 18.2 Å². The number of rotatable bonds is 5. The zero-order chi connectivity index (χ0) is 11.4. The molecule has 2 aromatic rings. The van der Waals surface area contributed by atoms with Crippen molar-refractivity contribution in [2.24, 2.45) is 0 Å². The molecular formula is C12H17N3O. The molecule has 2 rings (SSSR count). The highest BCUT2D eigenvalue weighted by molar-refractivity contribution is 5.11. The molecule has 0 aliphatic carbocycles. The number of furan rings is 1. The Bertz CT molecular complexity index is 419. The van der Waals surface area contributed by atoms with Gasteiger partial charge in [-0.3, -0.25) is 4.68 Å². The molecular weight excluding hydrogens is 202 g/mol. The molecule has 1 atom stereocenters. The first-order chi connectivity index (χ1) is 7.81. The highest BCUT2D eigenvalue weighted by Gasteiger charge is 2.07. The van der Waals surface area contributed by atoms with Crippen molar-refractivity contribution in [3.63, 3.8) is 0 Å². The molecule has 0 aliphatic rings. The minimum absolute atomic E-state index is 0.291. The van der Waals surface area contributed by atoms with Crippen LogP contribution in [0.2, 0.25) is 0 Å². The third-order valence-electron chi connectivity index (χ3n) is 2.74. The molecule has 0 saturated carbocycles. The molecule has 2 heterocycles. The Morgan fingerprint density at radius 3 is 3.06 bits per heavy atom. The third-order valence-corrected chi connectivity index (χ3v) is 2.74. The summed E-state index contributed by atoms with van der Waals surface area (Å²) < 4.78 is 7.06. The number of aryl methyl sites for hydroxylation is 1. The fraction of sp³-hybridized carbons (Fsp3) is 0.417. The second-order valence-corrected chi connectivity index (χ2v) is 3.80. The van der Waals surface area contributed by atoms with Crippen LogP contribution >= 0.6 is 0 Å². The van der Waals surface area contributed by atoms with Gasteiger partial charge in [-0.1, -0.05) is 0 Å². The van der Waals surface area contributed by atoms with Crippen molar-refractivity contribution in [3.05, 3.63) is 42.1 Å². The summed E-state index contributed by atoms with van der Waals surface area (Å²) in [4.78, 5) is 0. The molecule has 0 fully saturated rings. The predicted molar refractivity (Wildman–Crippen MR) is 61.9 cm³/mol. The number of aromatic nitrogens is 2. The first kappa shape index (κ1) is 11.0. The minimum atomic E-state index is 0.291. The quantitative estimate of drug-likeness (QED) is 0.839. The maximum Gasteiger partial charge on any atom is 0.0950 e. The van der Waals surface area contributed by atoms with E-state index >= 15 is 0 Å². The molecule has 16 heavy (non-hydrogen) atoms. The molecule has 4 nitrogen and oxygen atoms in total. The normalized spacial score (nSPS) is 12.9. The molecule has 1 N–H and O–H groups in total. The molecule has 0 amide bonds. The Morgan fingerprint density at radius 2 is 2.38 bits per heavy atom. The SMILES string of the molecule is CCn1nccc1CNC(C)c1ccoc1. The van der Waals surface area contributed by atoms with Gasteiger partial charge in [0.25, 0.3) is 0 Å². The Morgan fingerprint density at radius 1 is 1.50 bits per heavy atom. The molecule has 0 spiro atoms. The van der Waals surface area contributed by atoms with E-state index in [0.717, 1.165) is 13.1 Å². The van der Waals surface area contributed by atoms with Crippen LogP contribution in [0.3, 0.4) is 0 Å². The van der Waals surface area contributed by atoms with Gasteiger partial charge < -0.3 is 9.73 Å². The van der Waals surface area contributed by atoms with Gasteiger partial charge in [-0.25, -0.2) is 0 Å². The molecule has 1 unspecified atom stereocenters. The molecule has 0 radical (unpaired) electrons. The van der Waals surface area contributed by atoms with E-state index < -0.39 is 0 Å². The number of hydrogen-bond acceptors (Lipinski definition) is 3. The van der Waals surface area contributed by atoms with Crippen LogP contribution in [0.5, 0.6) is 0 Å². The summed E-state index contributed by atoms with van der Waals surface area (Å²) in [5, 5.41) is 7.67. The van der Waals surface area contributed by atoms with E-state index in [-0.39, 0.29) is 0 Å². The highest BCUT2D eigenvalue weighted by Crippen LogP contribution is 2.12. The summed E-state index contributed by atoms with van der Waals surface area (Å²) in [5.74, 6) is 0. The van der Waals surface area contributed by atoms with Crippen LogP contribution in [-0.2, 0) is 13.1 Å². The summed E-state index contributed by atoms with van der Waals surface area (Å²) in [5.41, 5.74) is 2.38. The number of nitrogens with zero attached hydrogens (tertiary/aromatic N) is 2. The van der Waals surface area contributed by atoms with Crippen molar-refractivity contribution < 1.29 is 4.42 Å². The molecule has 86 valence electrons. The fourth-order valence-corrected chi connectivity index (χ4v) is 1.69. The lowest BCUT2D eigenvalue weighted by atomic mass is 10.2. The lowest BCUT2D eigenvalue weighted by Gasteiger charge is -2.12. The topological polar surface area (TPSA) is 43.0 Å². The van der Waals surface area contributed by atoms with E-state index in [2.05, 4.69) is 24.3 Å². The van der Waals surface area contributed by atoms with Crippen molar-refractivity contribution in [1.29, 1.82) is 0 Å². The van der Waals surface area contributed by atoms with Crippen LogP contribution in [0.4, 0.5) is 0 Å². The Balaban J connectivity index is 1.92. The molecule has 0 saturated heterocycles. The summed E-state index contributed by atoms with van der Waals surface area (Å²) in [7, 11) is 0. The number of hydrogen-bond donors (Lipinski definition) is 1. The van der Waals surface area contributed by atoms with Gasteiger partial charge in [-0.05, 0) is 26.0 Å². The fourth-order valence-electron chi connectivity index (χ4n) is 1.69. The zero-order valence-electron chi connectivity index (χ0n) is 9.68. The van der Waals surface area contributed by atoms with E-state index in [0.29, 0.717) is 6.04 Å². The van der Waals surface area contributed by atoms with Gasteiger partial charge in [0.1, 0.15) is 0 Å². The smallest absolute Gasteiger partial charge is 0.0950 e. The Hall–Kier alpha value is -1.55. The van der Waals surface area contributed by atoms with Crippen LogP contribution in [-0.4, -0.2) is 9.78 Å². The van der Waals surface area contributed by atoms with Crippen molar-refractivity contribution in [3.8, 4) is 0 Å². The van der Waals surface area contributed by atoms with Crippen LogP contribution in [0.1, 0.15) is 31.1 Å². The van der Waals surface area contributed by atoms with Gasteiger partial charge in [-0.2, -0.15) is 5.10 Å². The van der Waals surface area contributed by atoms with E-state index in [4.69, 9.17) is 4.42 Å². The van der Waals surface area contributed by atoms with Crippen LogP contribution < -0.4 is 5.32 Å². The highest BCUT2D eigenvalue weighted by atomic mass is 16.3. The zero-order valence-corrected chi connectivity index (χ0v) is 9.68. The minimum Gasteiger partial charge on any atom is -0.472 e. The predicted octanol–water partition coefficient (Wildman–Crippen LogP) is 2.35. The lowest BCUT2D eigenvalue weighted by Crippen LogP contribution is -2.19. The van der Waals surface area contributed by atoms with Crippen molar-refractivity contribution in [2.75, 3.05) is 0 Å². The number of nitrogens with one attached hydrogen (secondary N) is 1. The Labute approximate surface area is 95.3 Å². The summed E-state index contributed by atoms with van der Waals surface area (Å²) >= 11 is 0. The summed E-state index contributed by atoms with van der Waals surface area (Å²) in [6.07, 6.45) is 5.31. The average Bonchev–Trinajstić information content (AvgIpc) is 2.96. The summed E-state index contributed by atoms with van der Waals surface area (Å²) in [6, 6.07) is 4.31. The third kappa shape index (κ3) is 2.33. The summed E-state index contributed by atoms with van der Waals surface area (Å²) in [6.45, 7) is 5.94. The molecule has 0 aromatic carbocycles. The van der Waals surface area contributed by atoms with Gasteiger partial charge in [-0.15, -0.1) is 0 Å². The molecule has 2 aromatic heterocycles. The molecule has 4 heteroatoms. The first-order valence-electron chi connectivity index (χ1n) is 5.57. The van der Waals surface area contributed by atoms with E-state index in [9.17, 15) is 0 Å². The van der Waals surface area contributed by atoms with E-state index in [1.54, 1.807) is 12.5 Å². The standard InChI is InChI=1S/C12H17N3O/c1-3-15-12(4-6-14-15)8-13-10(2)11-5-7-16-9-11/h4-7,9-10,13H,3,8H2,1-2H3. The second kappa shape index (κ2) is 4.99. The van der Waals surface area contributed by atoms with Crippen molar-refractivity contribution in [2.45, 2.75) is 33.0 Å². The van der Waals surface area contributed by atoms with E-state index in [1.165, 1.54) is 11.3 Å². The maximum absolute atomic E-state index is 5.06. The monoisotopic (exact) mass is 219 g/mol.